The largest absolute Gasteiger partial charge is 0.372 e. The molecular formula is C12H15ClN4O2S2. The van der Waals surface area contributed by atoms with Crippen LogP contribution in [0.2, 0.25) is 5.02 Å². The Balaban J connectivity index is 2.24. The summed E-state index contributed by atoms with van der Waals surface area (Å²) in [5, 5.41) is 5.61. The van der Waals surface area contributed by atoms with Gasteiger partial charge in [0.1, 0.15) is 15.7 Å². The molecule has 21 heavy (non-hydrogen) atoms. The van der Waals surface area contributed by atoms with Gasteiger partial charge in [-0.25, -0.2) is 23.1 Å². The number of nitrogens with zero attached hydrogens (tertiary/aromatic N) is 2. The summed E-state index contributed by atoms with van der Waals surface area (Å²) < 4.78 is 27.2. The highest BCUT2D eigenvalue weighted by Crippen LogP contribution is 2.24. The first kappa shape index (κ1) is 16.2. The van der Waals surface area contributed by atoms with E-state index in [1.807, 2.05) is 12.3 Å². The third-order valence-electron chi connectivity index (χ3n) is 2.70. The quantitative estimate of drug-likeness (QED) is 0.869. The Morgan fingerprint density at radius 2 is 2.14 bits per heavy atom. The summed E-state index contributed by atoms with van der Waals surface area (Å²) in [6.45, 7) is 3.61. The number of hydrogen-bond donors (Lipinski definition) is 2. The van der Waals surface area contributed by atoms with Crippen LogP contribution in [0.15, 0.2) is 22.5 Å². The number of aromatic nitrogens is 2. The molecule has 6 nitrogen and oxygen atoms in total. The van der Waals surface area contributed by atoms with Crippen molar-refractivity contribution >= 4 is 38.8 Å². The van der Waals surface area contributed by atoms with Crippen LogP contribution in [0.25, 0.3) is 0 Å². The molecule has 0 saturated carbocycles. The smallest absolute Gasteiger partial charge is 0.242 e. The zero-order valence-corrected chi connectivity index (χ0v) is 14.1. The summed E-state index contributed by atoms with van der Waals surface area (Å²) in [6, 6.07) is 0.944. The molecule has 2 rings (SSSR count). The van der Waals surface area contributed by atoms with Crippen LogP contribution in [0.3, 0.4) is 0 Å². The third-order valence-corrected chi connectivity index (χ3v) is 5.64. The molecule has 0 aromatic carbocycles. The maximum atomic E-state index is 12.3. The van der Waals surface area contributed by atoms with Crippen LogP contribution in [-0.2, 0) is 10.0 Å². The van der Waals surface area contributed by atoms with Gasteiger partial charge in [0.15, 0.2) is 0 Å². The van der Waals surface area contributed by atoms with Gasteiger partial charge in [-0.3, -0.25) is 0 Å². The molecule has 114 valence electrons. The SMILES string of the molecule is CNc1ncc(S(=O)(=O)NC(C)c2nc(C)cs2)cc1Cl. The van der Waals surface area contributed by atoms with Crippen molar-refractivity contribution in [2.45, 2.75) is 24.8 Å². The normalized spacial score (nSPS) is 13.1. The van der Waals surface area contributed by atoms with Crippen molar-refractivity contribution in [3.63, 3.8) is 0 Å². The number of thiazole rings is 1. The van der Waals surface area contributed by atoms with Crippen molar-refractivity contribution in [3.05, 3.63) is 33.4 Å². The molecule has 0 aliphatic heterocycles. The Morgan fingerprint density at radius 1 is 1.43 bits per heavy atom. The second-order valence-electron chi connectivity index (χ2n) is 4.42. The van der Waals surface area contributed by atoms with Crippen LogP contribution in [0, 0.1) is 6.92 Å². The third kappa shape index (κ3) is 3.70. The Kier molecular flexibility index (Phi) is 4.82. The minimum Gasteiger partial charge on any atom is -0.372 e. The Labute approximate surface area is 132 Å². The van der Waals surface area contributed by atoms with Gasteiger partial charge in [-0.1, -0.05) is 11.6 Å². The van der Waals surface area contributed by atoms with Crippen molar-refractivity contribution in [2.24, 2.45) is 0 Å². The fraction of sp³-hybridized carbons (Fsp3) is 0.333. The Morgan fingerprint density at radius 3 is 2.67 bits per heavy atom. The van der Waals surface area contributed by atoms with E-state index in [4.69, 9.17) is 11.6 Å². The fourth-order valence-electron chi connectivity index (χ4n) is 1.67. The Hall–Kier alpha value is -1.22. The highest BCUT2D eigenvalue weighted by molar-refractivity contribution is 7.89. The van der Waals surface area contributed by atoms with Gasteiger partial charge in [0, 0.05) is 24.3 Å². The first-order valence-electron chi connectivity index (χ1n) is 6.11. The zero-order chi connectivity index (χ0) is 15.6. The van der Waals surface area contributed by atoms with E-state index < -0.39 is 16.1 Å². The molecule has 0 saturated heterocycles. The van der Waals surface area contributed by atoms with Gasteiger partial charge in [-0.15, -0.1) is 11.3 Å². The molecule has 2 N–H and O–H groups in total. The standard InChI is InChI=1S/C12H15ClN4O2S2/c1-7-6-20-12(16-7)8(2)17-21(18,19)9-4-10(13)11(14-3)15-5-9/h4-6,8,17H,1-3H3,(H,14,15). The predicted octanol–water partition coefficient (Wildman–Crippen LogP) is 2.58. The molecule has 2 aromatic heterocycles. The number of sulfonamides is 1. The molecule has 9 heteroatoms. The van der Waals surface area contributed by atoms with Crippen LogP contribution < -0.4 is 10.0 Å². The van der Waals surface area contributed by atoms with Gasteiger partial charge in [0.05, 0.1) is 11.1 Å². The van der Waals surface area contributed by atoms with Gasteiger partial charge in [0.2, 0.25) is 10.0 Å². The van der Waals surface area contributed by atoms with E-state index in [9.17, 15) is 8.42 Å². The van der Waals surface area contributed by atoms with E-state index in [0.29, 0.717) is 10.8 Å². The van der Waals surface area contributed by atoms with Crippen LogP contribution in [0.5, 0.6) is 0 Å². The number of nitrogens with one attached hydrogen (secondary N) is 2. The molecular weight excluding hydrogens is 332 g/mol. The van der Waals surface area contributed by atoms with E-state index in [1.165, 1.54) is 23.6 Å². The van der Waals surface area contributed by atoms with Gasteiger partial charge in [-0.2, -0.15) is 0 Å². The summed E-state index contributed by atoms with van der Waals surface area (Å²) in [6.07, 6.45) is 1.26. The lowest BCUT2D eigenvalue weighted by Crippen LogP contribution is -2.27. The molecule has 0 aliphatic rings. The maximum absolute atomic E-state index is 12.3. The average molecular weight is 347 g/mol. The first-order chi connectivity index (χ1) is 9.83. The number of hydrogen-bond acceptors (Lipinski definition) is 6. The lowest BCUT2D eigenvalue weighted by molar-refractivity contribution is 0.566. The lowest BCUT2D eigenvalue weighted by Gasteiger charge is -2.12. The van der Waals surface area contributed by atoms with Crippen molar-refractivity contribution in [1.29, 1.82) is 0 Å². The topological polar surface area (TPSA) is 84.0 Å². The minimum absolute atomic E-state index is 0.0200. The predicted molar refractivity (Wildman–Crippen MR) is 84.4 cm³/mol. The molecule has 0 amide bonds. The first-order valence-corrected chi connectivity index (χ1v) is 8.85. The molecule has 0 aliphatic carbocycles. The number of rotatable bonds is 5. The van der Waals surface area contributed by atoms with Gasteiger partial charge in [-0.05, 0) is 19.9 Å². The van der Waals surface area contributed by atoms with Gasteiger partial charge < -0.3 is 5.32 Å². The van der Waals surface area contributed by atoms with E-state index in [1.54, 1.807) is 14.0 Å². The summed E-state index contributed by atoms with van der Waals surface area (Å²) in [5.41, 5.74) is 0.865. The highest BCUT2D eigenvalue weighted by atomic mass is 35.5. The fourth-order valence-corrected chi connectivity index (χ4v) is 4.06. The second kappa shape index (κ2) is 6.27. The van der Waals surface area contributed by atoms with E-state index in [-0.39, 0.29) is 9.92 Å². The molecule has 1 atom stereocenters. The van der Waals surface area contributed by atoms with Gasteiger partial charge in [0.25, 0.3) is 0 Å². The van der Waals surface area contributed by atoms with Crippen LogP contribution in [0.4, 0.5) is 5.82 Å². The van der Waals surface area contributed by atoms with Crippen molar-refractivity contribution in [3.8, 4) is 0 Å². The van der Waals surface area contributed by atoms with Crippen molar-refractivity contribution in [1.82, 2.24) is 14.7 Å². The minimum atomic E-state index is -3.70. The van der Waals surface area contributed by atoms with Crippen molar-refractivity contribution < 1.29 is 8.42 Å². The number of pyridine rings is 1. The number of anilines is 1. The second-order valence-corrected chi connectivity index (χ2v) is 7.43. The van der Waals surface area contributed by atoms with Crippen LogP contribution >= 0.6 is 22.9 Å². The molecule has 0 spiro atoms. The maximum Gasteiger partial charge on any atom is 0.242 e. The molecule has 0 fully saturated rings. The molecule has 1 unspecified atom stereocenters. The lowest BCUT2D eigenvalue weighted by atomic mass is 10.4. The van der Waals surface area contributed by atoms with E-state index >= 15 is 0 Å². The zero-order valence-electron chi connectivity index (χ0n) is 11.7. The molecule has 2 aromatic rings. The number of halogens is 1. The molecule has 0 bridgehead atoms. The molecule has 0 radical (unpaired) electrons. The molecule has 2 heterocycles. The Bertz CT molecular complexity index is 745. The average Bonchev–Trinajstić information content (AvgIpc) is 2.85. The van der Waals surface area contributed by atoms with Crippen LogP contribution in [-0.4, -0.2) is 25.4 Å². The summed E-state index contributed by atoms with van der Waals surface area (Å²) in [7, 11) is -2.04. The highest BCUT2D eigenvalue weighted by Gasteiger charge is 2.21. The monoisotopic (exact) mass is 346 g/mol. The number of aryl methyl sites for hydroxylation is 1. The van der Waals surface area contributed by atoms with Crippen LogP contribution in [0.1, 0.15) is 23.7 Å². The van der Waals surface area contributed by atoms with Gasteiger partial charge >= 0.3 is 0 Å². The summed E-state index contributed by atoms with van der Waals surface area (Å²) >= 11 is 7.38. The summed E-state index contributed by atoms with van der Waals surface area (Å²) in [5.74, 6) is 0.430. The van der Waals surface area contributed by atoms with E-state index in [2.05, 4.69) is 20.0 Å². The van der Waals surface area contributed by atoms with E-state index in [0.717, 1.165) is 5.69 Å². The van der Waals surface area contributed by atoms with Crippen molar-refractivity contribution in [2.75, 3.05) is 12.4 Å². The summed E-state index contributed by atoms with van der Waals surface area (Å²) in [4.78, 5) is 8.27.